The van der Waals surface area contributed by atoms with Crippen LogP contribution in [0.2, 0.25) is 5.02 Å². The first-order chi connectivity index (χ1) is 10.2. The molecule has 0 amide bonds. The highest BCUT2D eigenvalue weighted by atomic mass is 35.5. The molecule has 3 N–H and O–H groups in total. The highest BCUT2D eigenvalue weighted by Crippen LogP contribution is 2.36. The minimum Gasteiger partial charge on any atom is -0.493 e. The number of aliphatic hydroxyl groups is 1. The number of ether oxygens (including phenoxy) is 2. The summed E-state index contributed by atoms with van der Waals surface area (Å²) in [5, 5.41) is 16.8. The van der Waals surface area contributed by atoms with E-state index < -0.39 is 0 Å². The van der Waals surface area contributed by atoms with Crippen molar-refractivity contribution < 1.29 is 14.6 Å². The van der Waals surface area contributed by atoms with Gasteiger partial charge >= 0.3 is 0 Å². The summed E-state index contributed by atoms with van der Waals surface area (Å²) in [6.07, 6.45) is -0.268. The zero-order valence-corrected chi connectivity index (χ0v) is 14.5. The van der Waals surface area contributed by atoms with Gasteiger partial charge in [0.2, 0.25) is 0 Å². The monoisotopic (exact) mass is 350 g/mol. The number of aliphatic hydroxyl groups excluding tert-OH is 1. The zero-order chi connectivity index (χ0) is 15.2. The van der Waals surface area contributed by atoms with Gasteiger partial charge in [0.1, 0.15) is 0 Å². The number of halogens is 2. The Bertz CT molecular complexity index is 474. The van der Waals surface area contributed by atoms with Crippen molar-refractivity contribution in [3.63, 3.8) is 0 Å². The second-order valence-electron chi connectivity index (χ2n) is 5.16. The van der Waals surface area contributed by atoms with Gasteiger partial charge in [0, 0.05) is 32.1 Å². The van der Waals surface area contributed by atoms with Gasteiger partial charge < -0.3 is 25.2 Å². The van der Waals surface area contributed by atoms with Gasteiger partial charge in [-0.15, -0.1) is 12.4 Å². The van der Waals surface area contributed by atoms with E-state index in [4.69, 9.17) is 21.1 Å². The highest BCUT2D eigenvalue weighted by Gasteiger charge is 2.24. The number of β-amino-alcohol motifs (C(OH)–C–C–N with tert-alkyl or cyclic N) is 1. The lowest BCUT2D eigenvalue weighted by atomic mass is 10.1. The number of hydrogen-bond donors (Lipinski definition) is 3. The van der Waals surface area contributed by atoms with Crippen molar-refractivity contribution >= 4 is 24.0 Å². The molecule has 0 aliphatic carbocycles. The summed E-state index contributed by atoms with van der Waals surface area (Å²) in [5.41, 5.74) is 1.03. The zero-order valence-electron chi connectivity index (χ0n) is 12.9. The molecule has 5 nitrogen and oxygen atoms in total. The Balaban J connectivity index is 0.00000242. The quantitative estimate of drug-likeness (QED) is 0.700. The smallest absolute Gasteiger partial charge is 0.179 e. The maximum Gasteiger partial charge on any atom is 0.179 e. The fourth-order valence-corrected chi connectivity index (χ4v) is 2.78. The van der Waals surface area contributed by atoms with Crippen LogP contribution < -0.4 is 20.1 Å². The van der Waals surface area contributed by atoms with Crippen molar-refractivity contribution in [2.24, 2.45) is 5.92 Å². The summed E-state index contributed by atoms with van der Waals surface area (Å²) in [4.78, 5) is 0. The third-order valence-electron chi connectivity index (χ3n) is 3.62. The number of rotatable bonds is 7. The van der Waals surface area contributed by atoms with Gasteiger partial charge in [-0.2, -0.15) is 0 Å². The molecule has 0 bridgehead atoms. The molecule has 0 aromatic heterocycles. The van der Waals surface area contributed by atoms with Crippen LogP contribution in [0.3, 0.4) is 0 Å². The van der Waals surface area contributed by atoms with E-state index in [2.05, 4.69) is 10.6 Å². The molecule has 0 radical (unpaired) electrons. The van der Waals surface area contributed by atoms with E-state index in [1.807, 2.05) is 19.1 Å². The maximum atomic E-state index is 9.75. The maximum absolute atomic E-state index is 9.75. The lowest BCUT2D eigenvalue weighted by Crippen LogP contribution is -2.30. The third-order valence-corrected chi connectivity index (χ3v) is 3.90. The van der Waals surface area contributed by atoms with E-state index >= 15 is 0 Å². The van der Waals surface area contributed by atoms with Gasteiger partial charge in [-0.05, 0) is 24.6 Å². The molecule has 2 rings (SSSR count). The van der Waals surface area contributed by atoms with Crippen LogP contribution in [-0.4, -0.2) is 44.6 Å². The van der Waals surface area contributed by atoms with Gasteiger partial charge in [-0.25, -0.2) is 0 Å². The average molecular weight is 351 g/mol. The molecule has 2 unspecified atom stereocenters. The molecule has 1 fully saturated rings. The molecule has 7 heteroatoms. The minimum absolute atomic E-state index is 0. The fourth-order valence-electron chi connectivity index (χ4n) is 2.49. The van der Waals surface area contributed by atoms with Crippen molar-refractivity contribution in [3.8, 4) is 11.5 Å². The molecule has 0 spiro atoms. The highest BCUT2D eigenvalue weighted by molar-refractivity contribution is 6.32. The average Bonchev–Trinajstić information content (AvgIpc) is 2.87. The molecule has 1 aliphatic heterocycles. The van der Waals surface area contributed by atoms with Crippen LogP contribution in [0.25, 0.3) is 0 Å². The number of methoxy groups -OCH3 is 1. The van der Waals surface area contributed by atoms with Crippen molar-refractivity contribution in [1.82, 2.24) is 10.6 Å². The lowest BCUT2D eigenvalue weighted by molar-refractivity contribution is 0.146. The summed E-state index contributed by atoms with van der Waals surface area (Å²) in [5.74, 6) is 1.48. The van der Waals surface area contributed by atoms with Crippen LogP contribution >= 0.6 is 24.0 Å². The van der Waals surface area contributed by atoms with Gasteiger partial charge in [-0.1, -0.05) is 11.6 Å². The second kappa shape index (κ2) is 9.43. The van der Waals surface area contributed by atoms with E-state index in [-0.39, 0.29) is 24.4 Å². The van der Waals surface area contributed by atoms with Crippen LogP contribution in [0.4, 0.5) is 0 Å². The van der Waals surface area contributed by atoms with E-state index in [9.17, 15) is 5.11 Å². The van der Waals surface area contributed by atoms with E-state index in [0.29, 0.717) is 36.2 Å². The number of nitrogens with one attached hydrogen (secondary N) is 2. The lowest BCUT2D eigenvalue weighted by Gasteiger charge is -2.16. The van der Waals surface area contributed by atoms with E-state index in [1.165, 1.54) is 0 Å². The number of hydrogen-bond acceptors (Lipinski definition) is 5. The topological polar surface area (TPSA) is 62.8 Å². The Morgan fingerprint density at radius 1 is 1.41 bits per heavy atom. The Labute approximate surface area is 142 Å². The first-order valence-corrected chi connectivity index (χ1v) is 7.62. The molecule has 126 valence electrons. The summed E-state index contributed by atoms with van der Waals surface area (Å²) >= 11 is 6.24. The van der Waals surface area contributed by atoms with Crippen LogP contribution in [0.15, 0.2) is 12.1 Å². The normalized spacial score (nSPS) is 20.5. The van der Waals surface area contributed by atoms with Crippen molar-refractivity contribution in [2.75, 3.05) is 33.4 Å². The fraction of sp³-hybridized carbons (Fsp3) is 0.600. The Kier molecular flexibility index (Phi) is 8.28. The van der Waals surface area contributed by atoms with Gasteiger partial charge in [0.25, 0.3) is 0 Å². The summed E-state index contributed by atoms with van der Waals surface area (Å²) in [6.45, 7) is 5.41. The van der Waals surface area contributed by atoms with E-state index in [1.54, 1.807) is 7.11 Å². The molecule has 22 heavy (non-hydrogen) atoms. The van der Waals surface area contributed by atoms with Gasteiger partial charge in [0.05, 0.1) is 24.8 Å². The second-order valence-corrected chi connectivity index (χ2v) is 5.57. The predicted molar refractivity (Wildman–Crippen MR) is 90.5 cm³/mol. The molecular weight excluding hydrogens is 327 g/mol. The van der Waals surface area contributed by atoms with E-state index in [0.717, 1.165) is 18.7 Å². The largest absolute Gasteiger partial charge is 0.493 e. The van der Waals surface area contributed by atoms with Gasteiger partial charge in [0.15, 0.2) is 11.5 Å². The molecule has 1 aromatic carbocycles. The molecule has 1 aliphatic rings. The van der Waals surface area contributed by atoms with Crippen LogP contribution in [0.1, 0.15) is 12.5 Å². The summed E-state index contributed by atoms with van der Waals surface area (Å²) in [6, 6.07) is 3.80. The van der Waals surface area contributed by atoms with Crippen LogP contribution in [-0.2, 0) is 6.54 Å². The van der Waals surface area contributed by atoms with Crippen molar-refractivity contribution in [3.05, 3.63) is 22.7 Å². The standard InChI is InChI=1S/C15H23ClN2O3.ClH/c1-3-21-15-12(16)4-10(5-14(15)20-2)6-17-7-11-8-18-9-13(11)19;/h4-5,11,13,17-19H,3,6-9H2,1-2H3;1H. The van der Waals surface area contributed by atoms with Crippen molar-refractivity contribution in [2.45, 2.75) is 19.6 Å². The summed E-state index contributed by atoms with van der Waals surface area (Å²) in [7, 11) is 1.60. The Hall–Kier alpha value is -0.720. The third kappa shape index (κ3) is 4.89. The predicted octanol–water partition coefficient (Wildman–Crippen LogP) is 1.84. The molecule has 1 saturated heterocycles. The molecule has 1 heterocycles. The SMILES string of the molecule is CCOc1c(Cl)cc(CNCC2CNCC2O)cc1OC.Cl. The Morgan fingerprint density at radius 2 is 2.18 bits per heavy atom. The molecule has 2 atom stereocenters. The molecule has 1 aromatic rings. The van der Waals surface area contributed by atoms with Crippen LogP contribution in [0.5, 0.6) is 11.5 Å². The minimum atomic E-state index is -0.268. The number of benzene rings is 1. The Morgan fingerprint density at radius 3 is 2.77 bits per heavy atom. The molecular formula is C15H24Cl2N2O3. The first-order valence-electron chi connectivity index (χ1n) is 7.24. The van der Waals surface area contributed by atoms with Crippen LogP contribution in [0, 0.1) is 5.92 Å². The van der Waals surface area contributed by atoms with Crippen molar-refractivity contribution in [1.29, 1.82) is 0 Å². The summed E-state index contributed by atoms with van der Waals surface area (Å²) < 4.78 is 10.8. The molecule has 0 saturated carbocycles. The van der Waals surface area contributed by atoms with Gasteiger partial charge in [-0.3, -0.25) is 0 Å². The first kappa shape index (κ1) is 19.3.